The molecule has 13 nitrogen and oxygen atoms in total. The molecule has 1 heterocycles. The van der Waals surface area contributed by atoms with Crippen LogP contribution in [0.3, 0.4) is 0 Å². The summed E-state index contributed by atoms with van der Waals surface area (Å²) in [5.41, 5.74) is -4.02. The number of likely N-dealkylation sites (tertiary alicyclic amines) is 1. The van der Waals surface area contributed by atoms with E-state index < -0.39 is 82.3 Å². The Morgan fingerprint density at radius 2 is 1.58 bits per heavy atom. The van der Waals surface area contributed by atoms with Gasteiger partial charge in [-0.05, 0) is 43.1 Å². The Hall–Kier alpha value is -2.81. The Morgan fingerprint density at radius 3 is 2.14 bits per heavy atom. The smallest absolute Gasteiger partial charge is 0.338 e. The van der Waals surface area contributed by atoms with E-state index in [4.69, 9.17) is 37.9 Å². The second kappa shape index (κ2) is 12.4. The molecule has 50 heavy (non-hydrogen) atoms. The summed E-state index contributed by atoms with van der Waals surface area (Å²) in [6.45, 7) is 6.38. The molecule has 1 aliphatic heterocycles. The molecule has 13 heteroatoms. The zero-order chi connectivity index (χ0) is 36.0. The number of hydrogen-bond acceptors (Lipinski definition) is 13. The van der Waals surface area contributed by atoms with Gasteiger partial charge in [0, 0.05) is 96.3 Å². The topological polar surface area (TPSA) is 149 Å². The van der Waals surface area contributed by atoms with Crippen molar-refractivity contribution in [3.63, 3.8) is 0 Å². The van der Waals surface area contributed by atoms with Gasteiger partial charge < -0.3 is 43.0 Å². The number of methoxy groups -OCH3 is 5. The van der Waals surface area contributed by atoms with Crippen LogP contribution in [0.4, 0.5) is 0 Å². The third-order valence-electron chi connectivity index (χ3n) is 13.7. The standard InChI is InChI=1S/C37H51NO12/c1-9-38-17-34(18-43-4)24(48-19(2)39)14-25(45-6)37-23-15-35(42)26(46-7)16-36(50-20(3)40,28(31(37)38)29(47-8)30(34)37)27(23)32(35)49-33(41)21-10-12-22(44-5)13-11-21/h10-13,23-32,42H,9,14-18H2,1-8H3/t23-,24-,25+,26+,27-,28?,29+,30-,31-,32-,34+,35+,36-,37+/m1/s1. The monoisotopic (exact) mass is 701 g/mol. The molecule has 7 bridgehead atoms. The zero-order valence-corrected chi connectivity index (χ0v) is 30.2. The highest BCUT2D eigenvalue weighted by Gasteiger charge is 2.91. The molecule has 0 radical (unpaired) electrons. The summed E-state index contributed by atoms with van der Waals surface area (Å²) in [4.78, 5) is 42.5. The van der Waals surface area contributed by atoms with Crippen molar-refractivity contribution in [3.8, 4) is 5.75 Å². The van der Waals surface area contributed by atoms with Crippen LogP contribution in [0.1, 0.15) is 50.4 Å². The highest BCUT2D eigenvalue weighted by atomic mass is 16.6. The largest absolute Gasteiger partial charge is 0.497 e. The van der Waals surface area contributed by atoms with Crippen molar-refractivity contribution in [1.29, 1.82) is 0 Å². The quantitative estimate of drug-likeness (QED) is 0.266. The zero-order valence-electron chi connectivity index (χ0n) is 30.2. The number of hydrogen-bond donors (Lipinski definition) is 1. The Morgan fingerprint density at radius 1 is 0.880 bits per heavy atom. The average Bonchev–Trinajstić information content (AvgIpc) is 3.46. The summed E-state index contributed by atoms with van der Waals surface area (Å²) in [6, 6.07) is 6.38. The maximum atomic E-state index is 14.0. The maximum Gasteiger partial charge on any atom is 0.338 e. The van der Waals surface area contributed by atoms with Crippen molar-refractivity contribution in [2.24, 2.45) is 34.5 Å². The Balaban J connectivity index is 1.48. The van der Waals surface area contributed by atoms with Crippen molar-refractivity contribution in [2.45, 2.75) is 87.8 Å². The normalized spacial score (nSPS) is 45.1. The second-order valence-corrected chi connectivity index (χ2v) is 15.3. The molecule has 1 aromatic carbocycles. The van der Waals surface area contributed by atoms with Crippen molar-refractivity contribution >= 4 is 17.9 Å². The lowest BCUT2D eigenvalue weighted by atomic mass is 9.42. The number of esters is 3. The number of carbonyl (C=O) groups excluding carboxylic acids is 3. The van der Waals surface area contributed by atoms with Crippen LogP contribution in [0.2, 0.25) is 0 Å². The van der Waals surface area contributed by atoms with Crippen LogP contribution in [0.15, 0.2) is 24.3 Å². The molecular formula is C37H51NO12. The minimum Gasteiger partial charge on any atom is -0.497 e. The summed E-state index contributed by atoms with van der Waals surface area (Å²) < 4.78 is 49.8. The molecule has 276 valence electrons. The van der Waals surface area contributed by atoms with Crippen LogP contribution in [0, 0.1) is 34.5 Å². The number of nitrogens with zero attached hydrogens (tertiary/aromatic N) is 1. The maximum absolute atomic E-state index is 14.0. The molecule has 1 N–H and O–H groups in total. The summed E-state index contributed by atoms with van der Waals surface area (Å²) in [7, 11) is 8.09. The van der Waals surface area contributed by atoms with Crippen LogP contribution >= 0.6 is 0 Å². The number of rotatable bonds is 11. The first-order chi connectivity index (χ1) is 23.9. The van der Waals surface area contributed by atoms with Crippen LogP contribution in [0.25, 0.3) is 0 Å². The summed E-state index contributed by atoms with van der Waals surface area (Å²) in [5.74, 6) is -2.67. The average molecular weight is 702 g/mol. The van der Waals surface area contributed by atoms with E-state index in [1.807, 2.05) is 0 Å². The van der Waals surface area contributed by atoms with E-state index in [-0.39, 0.29) is 37.3 Å². The van der Waals surface area contributed by atoms with Gasteiger partial charge in [-0.2, -0.15) is 0 Å². The molecule has 1 unspecified atom stereocenters. The number of carbonyl (C=O) groups is 3. The third-order valence-corrected chi connectivity index (χ3v) is 13.7. The molecule has 1 aromatic rings. The molecule has 1 saturated heterocycles. The Bertz CT molecular complexity index is 1510. The first-order valence-electron chi connectivity index (χ1n) is 17.6. The molecule has 0 aromatic heterocycles. The number of ether oxygens (including phenoxy) is 8. The lowest BCUT2D eigenvalue weighted by Crippen LogP contribution is -2.79. The first kappa shape index (κ1) is 35.6. The van der Waals surface area contributed by atoms with Gasteiger partial charge in [0.1, 0.15) is 29.2 Å². The molecule has 7 rings (SSSR count). The minimum atomic E-state index is -1.61. The van der Waals surface area contributed by atoms with Gasteiger partial charge in [0.2, 0.25) is 0 Å². The summed E-state index contributed by atoms with van der Waals surface area (Å²) >= 11 is 0. The van der Waals surface area contributed by atoms with Crippen LogP contribution in [-0.4, -0.2) is 131 Å². The molecule has 6 aliphatic rings. The third kappa shape index (κ3) is 4.43. The number of aliphatic hydroxyl groups is 1. The van der Waals surface area contributed by atoms with E-state index in [1.54, 1.807) is 52.7 Å². The molecule has 1 spiro atoms. The van der Waals surface area contributed by atoms with Gasteiger partial charge in [-0.15, -0.1) is 0 Å². The lowest BCUT2D eigenvalue weighted by Gasteiger charge is -2.70. The predicted molar refractivity (Wildman–Crippen MR) is 175 cm³/mol. The Kier molecular flexibility index (Phi) is 8.83. The fourth-order valence-corrected chi connectivity index (χ4v) is 12.7. The summed E-state index contributed by atoms with van der Waals surface area (Å²) in [6.07, 6.45) is -2.66. The van der Waals surface area contributed by atoms with E-state index in [0.717, 1.165) is 0 Å². The molecule has 14 atom stereocenters. The highest BCUT2D eigenvalue weighted by molar-refractivity contribution is 5.89. The SMILES string of the molecule is CCN1C[C@@]2(COC)[C@H]3[C@@H](OC)C4[C@@H]1[C@]3([C@@H](OC)C[C@H]2OC(C)=O)[C@@H]1C[C@]2(O)[C@@H](OC)C[C@@]4(OC(C)=O)[C@H]1[C@H]2OC(=O)c1ccc(OC)cc1. The highest BCUT2D eigenvalue weighted by Crippen LogP contribution is 2.81. The van der Waals surface area contributed by atoms with Crippen molar-refractivity contribution in [1.82, 2.24) is 4.90 Å². The lowest BCUT2D eigenvalue weighted by molar-refractivity contribution is -0.301. The van der Waals surface area contributed by atoms with Crippen molar-refractivity contribution in [2.75, 3.05) is 55.2 Å². The molecular weight excluding hydrogens is 650 g/mol. The fraction of sp³-hybridized carbons (Fsp3) is 0.757. The van der Waals surface area contributed by atoms with E-state index in [9.17, 15) is 19.5 Å². The fourth-order valence-electron chi connectivity index (χ4n) is 12.7. The number of piperidine rings is 1. The minimum absolute atomic E-state index is 0.182. The summed E-state index contributed by atoms with van der Waals surface area (Å²) in [5, 5.41) is 12.9. The molecule has 5 aliphatic carbocycles. The van der Waals surface area contributed by atoms with Gasteiger partial charge in [-0.25, -0.2) is 4.79 Å². The van der Waals surface area contributed by atoms with Crippen LogP contribution in [-0.2, 0) is 42.7 Å². The molecule has 6 fully saturated rings. The van der Waals surface area contributed by atoms with Gasteiger partial charge in [-0.3, -0.25) is 14.5 Å². The molecule has 5 saturated carbocycles. The van der Waals surface area contributed by atoms with Crippen LogP contribution < -0.4 is 4.74 Å². The van der Waals surface area contributed by atoms with Gasteiger partial charge in [0.05, 0.1) is 37.6 Å². The first-order valence-corrected chi connectivity index (χ1v) is 17.6. The second-order valence-electron chi connectivity index (χ2n) is 15.3. The van der Waals surface area contributed by atoms with Gasteiger partial charge in [0.25, 0.3) is 0 Å². The van der Waals surface area contributed by atoms with E-state index in [1.165, 1.54) is 21.0 Å². The van der Waals surface area contributed by atoms with Crippen molar-refractivity contribution < 1.29 is 57.4 Å². The Labute approximate surface area is 293 Å². The van der Waals surface area contributed by atoms with Crippen LogP contribution in [0.5, 0.6) is 5.75 Å². The predicted octanol–water partition coefficient (Wildman–Crippen LogP) is 2.26. The van der Waals surface area contributed by atoms with Gasteiger partial charge in [0.15, 0.2) is 0 Å². The van der Waals surface area contributed by atoms with Crippen molar-refractivity contribution in [3.05, 3.63) is 29.8 Å². The molecule has 0 amide bonds. The number of fused-ring (bicyclic) bond motifs is 2. The number of benzene rings is 1. The van der Waals surface area contributed by atoms with Gasteiger partial charge >= 0.3 is 17.9 Å². The van der Waals surface area contributed by atoms with E-state index in [0.29, 0.717) is 30.8 Å². The van der Waals surface area contributed by atoms with E-state index >= 15 is 0 Å². The van der Waals surface area contributed by atoms with Gasteiger partial charge in [-0.1, -0.05) is 6.92 Å². The van der Waals surface area contributed by atoms with E-state index in [2.05, 4.69) is 11.8 Å².